The summed E-state index contributed by atoms with van der Waals surface area (Å²) in [7, 11) is 0. The van der Waals surface area contributed by atoms with Crippen LogP contribution >= 0.6 is 50.5 Å². The van der Waals surface area contributed by atoms with E-state index in [0.717, 1.165) is 15.5 Å². The quantitative estimate of drug-likeness (QED) is 0.409. The fourth-order valence-corrected chi connectivity index (χ4v) is 4.66. The van der Waals surface area contributed by atoms with E-state index in [1.807, 2.05) is 24.3 Å². The first-order valence-corrected chi connectivity index (χ1v) is 8.88. The summed E-state index contributed by atoms with van der Waals surface area (Å²) in [4.78, 5) is 0.0542. The maximum absolute atomic E-state index is 6.22. The molecule has 0 aliphatic rings. The Morgan fingerprint density at radius 2 is 1.48 bits per heavy atom. The van der Waals surface area contributed by atoms with Gasteiger partial charge in [-0.3, -0.25) is 0 Å². The third-order valence-corrected chi connectivity index (χ3v) is 5.81. The number of thiophene rings is 1. The van der Waals surface area contributed by atoms with Gasteiger partial charge in [0.1, 0.15) is 0 Å². The van der Waals surface area contributed by atoms with Gasteiger partial charge in [0.25, 0.3) is 0 Å². The van der Waals surface area contributed by atoms with Gasteiger partial charge in [0, 0.05) is 5.56 Å². The van der Waals surface area contributed by atoms with Crippen molar-refractivity contribution in [2.24, 2.45) is 0 Å². The summed E-state index contributed by atoms with van der Waals surface area (Å²) >= 11 is 17.3. The van der Waals surface area contributed by atoms with Crippen LogP contribution in [0.1, 0.15) is 16.0 Å². The Kier molecular flexibility index (Phi) is 4.70. The van der Waals surface area contributed by atoms with Crippen molar-refractivity contribution < 1.29 is 0 Å². The van der Waals surface area contributed by atoms with Crippen LogP contribution in [0.5, 0.6) is 0 Å². The molecule has 0 nitrogen and oxygen atoms in total. The number of alkyl halides is 1. The minimum absolute atomic E-state index is 0.0542. The van der Waals surface area contributed by atoms with Gasteiger partial charge in [-0.05, 0) is 22.8 Å². The molecular weight excluding hydrogens is 387 g/mol. The van der Waals surface area contributed by atoms with E-state index < -0.39 is 0 Å². The Labute approximate surface area is 146 Å². The molecule has 0 aliphatic carbocycles. The number of hydrogen-bond acceptors (Lipinski definition) is 1. The second-order valence-corrected chi connectivity index (χ2v) is 7.83. The van der Waals surface area contributed by atoms with E-state index in [1.165, 1.54) is 22.5 Å². The van der Waals surface area contributed by atoms with Gasteiger partial charge in [-0.25, -0.2) is 0 Å². The van der Waals surface area contributed by atoms with E-state index in [2.05, 4.69) is 52.3 Å². The summed E-state index contributed by atoms with van der Waals surface area (Å²) in [6.07, 6.45) is 0. The predicted octanol–water partition coefficient (Wildman–Crippen LogP) is 7.21. The molecule has 0 radical (unpaired) electrons. The summed E-state index contributed by atoms with van der Waals surface area (Å²) in [6, 6.07) is 20.7. The SMILES string of the molecule is Clc1cc(C(Br)c2ccc(-c3ccccc3)cc2)c(Cl)s1. The van der Waals surface area contributed by atoms with Gasteiger partial charge in [0.2, 0.25) is 0 Å². The standard InChI is InChI=1S/C17H11BrCl2S/c18-16(14-10-15(19)21-17(14)20)13-8-6-12(7-9-13)11-4-2-1-3-5-11/h1-10,16H. The average Bonchev–Trinajstić information content (AvgIpc) is 2.86. The molecular formula is C17H11BrCl2S. The molecule has 2 aromatic carbocycles. The molecule has 0 bridgehead atoms. The van der Waals surface area contributed by atoms with Crippen molar-refractivity contribution in [3.8, 4) is 11.1 Å². The first kappa shape index (κ1) is 15.1. The van der Waals surface area contributed by atoms with Crippen molar-refractivity contribution in [1.29, 1.82) is 0 Å². The van der Waals surface area contributed by atoms with E-state index >= 15 is 0 Å². The van der Waals surface area contributed by atoms with Crippen molar-refractivity contribution in [1.82, 2.24) is 0 Å². The number of halogens is 3. The summed E-state index contributed by atoms with van der Waals surface area (Å²) in [5.41, 5.74) is 4.59. The van der Waals surface area contributed by atoms with Crippen LogP contribution in [0, 0.1) is 0 Å². The lowest BCUT2D eigenvalue weighted by molar-refractivity contribution is 1.20. The van der Waals surface area contributed by atoms with Gasteiger partial charge in [0.15, 0.2) is 0 Å². The van der Waals surface area contributed by atoms with Crippen LogP contribution in [-0.4, -0.2) is 0 Å². The van der Waals surface area contributed by atoms with Crippen molar-refractivity contribution >= 4 is 50.5 Å². The highest BCUT2D eigenvalue weighted by molar-refractivity contribution is 9.09. The fourth-order valence-electron chi connectivity index (χ4n) is 2.18. The topological polar surface area (TPSA) is 0 Å². The molecule has 0 amide bonds. The molecule has 1 heterocycles. The molecule has 4 heteroatoms. The molecule has 0 aliphatic heterocycles. The van der Waals surface area contributed by atoms with Crippen LogP contribution in [0.2, 0.25) is 8.67 Å². The highest BCUT2D eigenvalue weighted by Crippen LogP contribution is 2.41. The van der Waals surface area contributed by atoms with Crippen molar-refractivity contribution in [2.75, 3.05) is 0 Å². The minimum atomic E-state index is 0.0542. The number of rotatable bonds is 3. The molecule has 3 aromatic rings. The molecule has 0 N–H and O–H groups in total. The zero-order valence-electron chi connectivity index (χ0n) is 10.9. The summed E-state index contributed by atoms with van der Waals surface area (Å²) in [5, 5.41) is 0. The van der Waals surface area contributed by atoms with Crippen LogP contribution in [-0.2, 0) is 0 Å². The third-order valence-electron chi connectivity index (χ3n) is 3.27. The highest BCUT2D eigenvalue weighted by atomic mass is 79.9. The van der Waals surface area contributed by atoms with Crippen molar-refractivity contribution in [3.63, 3.8) is 0 Å². The van der Waals surface area contributed by atoms with Gasteiger partial charge in [0.05, 0.1) is 13.5 Å². The van der Waals surface area contributed by atoms with Crippen LogP contribution < -0.4 is 0 Å². The summed E-state index contributed by atoms with van der Waals surface area (Å²) in [6.45, 7) is 0. The van der Waals surface area contributed by atoms with Gasteiger partial charge in [-0.1, -0.05) is 93.7 Å². The number of benzene rings is 2. The predicted molar refractivity (Wildman–Crippen MR) is 97.0 cm³/mol. The highest BCUT2D eigenvalue weighted by Gasteiger charge is 2.16. The van der Waals surface area contributed by atoms with Gasteiger partial charge in [-0.2, -0.15) is 0 Å². The fraction of sp³-hybridized carbons (Fsp3) is 0.0588. The molecule has 0 saturated heterocycles. The van der Waals surface area contributed by atoms with Crippen molar-refractivity contribution in [3.05, 3.63) is 80.5 Å². The Morgan fingerprint density at radius 1 is 0.857 bits per heavy atom. The van der Waals surface area contributed by atoms with E-state index in [9.17, 15) is 0 Å². The molecule has 0 saturated carbocycles. The van der Waals surface area contributed by atoms with Gasteiger partial charge < -0.3 is 0 Å². The summed E-state index contributed by atoms with van der Waals surface area (Å²) in [5.74, 6) is 0. The van der Waals surface area contributed by atoms with E-state index in [4.69, 9.17) is 23.2 Å². The molecule has 1 unspecified atom stereocenters. The van der Waals surface area contributed by atoms with Crippen LogP contribution in [0.3, 0.4) is 0 Å². The second-order valence-electron chi connectivity index (χ2n) is 4.63. The summed E-state index contributed by atoms with van der Waals surface area (Å²) < 4.78 is 1.44. The molecule has 0 spiro atoms. The lowest BCUT2D eigenvalue weighted by Crippen LogP contribution is -1.91. The van der Waals surface area contributed by atoms with E-state index in [-0.39, 0.29) is 4.83 Å². The Morgan fingerprint density at radius 3 is 2.05 bits per heavy atom. The lowest BCUT2D eigenvalue weighted by Gasteiger charge is -2.10. The monoisotopic (exact) mass is 396 g/mol. The largest absolute Gasteiger partial charge is 0.111 e. The Balaban J connectivity index is 1.89. The average molecular weight is 398 g/mol. The first-order valence-electron chi connectivity index (χ1n) is 6.39. The second kappa shape index (κ2) is 6.53. The maximum Gasteiger partial charge on any atom is 0.0990 e. The van der Waals surface area contributed by atoms with Gasteiger partial charge >= 0.3 is 0 Å². The molecule has 0 fully saturated rings. The Bertz CT molecular complexity index is 735. The molecule has 1 aromatic heterocycles. The third kappa shape index (κ3) is 3.35. The molecule has 1 atom stereocenters. The van der Waals surface area contributed by atoms with Crippen LogP contribution in [0.15, 0.2) is 60.7 Å². The van der Waals surface area contributed by atoms with E-state index in [0.29, 0.717) is 4.34 Å². The van der Waals surface area contributed by atoms with Crippen LogP contribution in [0.4, 0.5) is 0 Å². The molecule has 106 valence electrons. The minimum Gasteiger partial charge on any atom is -0.111 e. The van der Waals surface area contributed by atoms with Crippen LogP contribution in [0.25, 0.3) is 11.1 Å². The maximum atomic E-state index is 6.22. The zero-order valence-corrected chi connectivity index (χ0v) is 14.8. The smallest absolute Gasteiger partial charge is 0.0990 e. The lowest BCUT2D eigenvalue weighted by atomic mass is 10.0. The number of hydrogen-bond donors (Lipinski definition) is 0. The normalized spacial score (nSPS) is 12.3. The van der Waals surface area contributed by atoms with Gasteiger partial charge in [-0.15, -0.1) is 11.3 Å². The van der Waals surface area contributed by atoms with E-state index in [1.54, 1.807) is 0 Å². The Hall–Kier alpha value is -0.800. The zero-order chi connectivity index (χ0) is 14.8. The first-order chi connectivity index (χ1) is 10.1. The molecule has 3 rings (SSSR count). The van der Waals surface area contributed by atoms with Crippen molar-refractivity contribution in [2.45, 2.75) is 4.83 Å². The molecule has 21 heavy (non-hydrogen) atoms.